The Morgan fingerprint density at radius 1 is 1.23 bits per heavy atom. The van der Waals surface area contributed by atoms with Gasteiger partial charge in [-0.1, -0.05) is 0 Å². The number of piperazine rings is 1. The van der Waals surface area contributed by atoms with Crippen LogP contribution in [0, 0.1) is 12.7 Å². The van der Waals surface area contributed by atoms with Crippen LogP contribution in [-0.4, -0.2) is 41.8 Å². The van der Waals surface area contributed by atoms with E-state index in [1.165, 1.54) is 6.92 Å². The minimum Gasteiger partial charge on any atom is -0.477 e. The zero-order chi connectivity index (χ0) is 22.3. The number of aromatic carboxylic acids is 1. The van der Waals surface area contributed by atoms with Crippen molar-refractivity contribution in [2.45, 2.75) is 26.8 Å². The highest BCUT2D eigenvalue weighted by Crippen LogP contribution is 2.28. The Balaban J connectivity index is 2.00. The van der Waals surface area contributed by atoms with Crippen molar-refractivity contribution in [3.63, 3.8) is 0 Å². The molecule has 0 atom stereocenters. The number of nitrogens with one attached hydrogen (secondary N) is 1. The zero-order valence-corrected chi connectivity index (χ0v) is 17.2. The topological polar surface area (TPSA) is 118 Å². The van der Waals surface area contributed by atoms with Crippen molar-refractivity contribution < 1.29 is 23.1 Å². The number of nitrogens with zero attached hydrogens (tertiary/aromatic N) is 2. The molecule has 0 spiro atoms. The van der Waals surface area contributed by atoms with Gasteiger partial charge in [0.05, 0.1) is 17.6 Å². The summed E-state index contributed by atoms with van der Waals surface area (Å²) in [6, 6.07) is 2.70. The molecule has 2 N–H and O–H groups in total. The Hall–Kier alpha value is -3.40. The molecule has 0 aliphatic carbocycles. The fourth-order valence-corrected chi connectivity index (χ4v) is 4.10. The average Bonchev–Trinajstić information content (AvgIpc) is 3.05. The van der Waals surface area contributed by atoms with Gasteiger partial charge in [0.15, 0.2) is 5.76 Å². The SMILES string of the molecule is CCn1c(Cc2oc(=O)oc2C)c(C(=O)O)c(=O)c2cc(F)c(N3CCNCC3)cc21. The van der Waals surface area contributed by atoms with Gasteiger partial charge in [-0.25, -0.2) is 14.0 Å². The molecule has 0 radical (unpaired) electrons. The van der Waals surface area contributed by atoms with E-state index in [1.807, 2.05) is 4.90 Å². The second-order valence-corrected chi connectivity index (χ2v) is 7.37. The standard InChI is InChI=1S/C21H22FN3O6/c1-3-25-14-9-15(24-6-4-23-5-7-24)13(22)8-12(14)19(26)18(20(27)28)16(25)10-17-11(2)30-21(29)31-17/h8-9,23H,3-7,10H2,1-2H3,(H,27,28). The summed E-state index contributed by atoms with van der Waals surface area (Å²) in [6.45, 7) is 6.27. The van der Waals surface area contributed by atoms with Crippen LogP contribution in [0.2, 0.25) is 0 Å². The first-order valence-corrected chi connectivity index (χ1v) is 9.99. The summed E-state index contributed by atoms with van der Waals surface area (Å²) < 4.78 is 26.5. The van der Waals surface area contributed by atoms with E-state index in [9.17, 15) is 23.9 Å². The molecule has 4 rings (SSSR count). The maximum atomic E-state index is 14.9. The summed E-state index contributed by atoms with van der Waals surface area (Å²) in [7, 11) is 0. The quantitative estimate of drug-likeness (QED) is 0.627. The van der Waals surface area contributed by atoms with Crippen LogP contribution in [0.3, 0.4) is 0 Å². The van der Waals surface area contributed by atoms with Crippen LogP contribution in [0.15, 0.2) is 30.6 Å². The number of aromatic nitrogens is 1. The second kappa shape index (κ2) is 8.03. The smallest absolute Gasteiger partial charge is 0.477 e. The van der Waals surface area contributed by atoms with Gasteiger partial charge in [0, 0.05) is 43.8 Å². The van der Waals surface area contributed by atoms with E-state index in [4.69, 9.17) is 8.83 Å². The number of rotatable bonds is 5. The third-order valence-electron chi connectivity index (χ3n) is 5.59. The molecule has 10 heteroatoms. The van der Waals surface area contributed by atoms with Crippen molar-refractivity contribution in [2.24, 2.45) is 0 Å². The molecule has 1 aliphatic heterocycles. The molecule has 3 aromatic rings. The van der Waals surface area contributed by atoms with Crippen LogP contribution in [0.1, 0.15) is 34.5 Å². The molecule has 3 heterocycles. The van der Waals surface area contributed by atoms with Crippen molar-refractivity contribution in [1.82, 2.24) is 9.88 Å². The molecule has 0 unspecified atom stereocenters. The first-order valence-electron chi connectivity index (χ1n) is 9.99. The Morgan fingerprint density at radius 2 is 1.94 bits per heavy atom. The van der Waals surface area contributed by atoms with Crippen molar-refractivity contribution in [2.75, 3.05) is 31.1 Å². The predicted molar refractivity (Wildman–Crippen MR) is 111 cm³/mol. The van der Waals surface area contributed by atoms with E-state index in [0.717, 1.165) is 6.07 Å². The van der Waals surface area contributed by atoms with Gasteiger partial charge in [0.25, 0.3) is 0 Å². The summed E-state index contributed by atoms with van der Waals surface area (Å²) in [5.41, 5.74) is -0.317. The van der Waals surface area contributed by atoms with Crippen LogP contribution >= 0.6 is 0 Å². The van der Waals surface area contributed by atoms with Gasteiger partial charge in [-0.15, -0.1) is 0 Å². The molecular formula is C21H22FN3O6. The van der Waals surface area contributed by atoms with Crippen LogP contribution < -0.4 is 21.5 Å². The van der Waals surface area contributed by atoms with Crippen molar-refractivity contribution in [1.29, 1.82) is 0 Å². The fraction of sp³-hybridized carbons (Fsp3) is 0.381. The molecule has 1 saturated heterocycles. The van der Waals surface area contributed by atoms with Crippen LogP contribution in [0.4, 0.5) is 10.1 Å². The zero-order valence-electron chi connectivity index (χ0n) is 17.2. The molecule has 1 aliphatic rings. The number of hydrogen-bond donors (Lipinski definition) is 2. The lowest BCUT2D eigenvalue weighted by molar-refractivity contribution is 0.0693. The lowest BCUT2D eigenvalue weighted by Gasteiger charge is -2.30. The number of carbonyl (C=O) groups is 1. The Labute approximate surface area is 175 Å². The highest BCUT2D eigenvalue weighted by atomic mass is 19.1. The minimum atomic E-state index is -1.43. The van der Waals surface area contributed by atoms with E-state index < -0.39 is 28.6 Å². The molecule has 0 saturated carbocycles. The lowest BCUT2D eigenvalue weighted by Crippen LogP contribution is -2.44. The summed E-state index contributed by atoms with van der Waals surface area (Å²) >= 11 is 0. The van der Waals surface area contributed by atoms with Crippen LogP contribution in [0.25, 0.3) is 10.9 Å². The number of aryl methyl sites for hydroxylation is 2. The van der Waals surface area contributed by atoms with Gasteiger partial charge in [-0.05, 0) is 26.0 Å². The molecule has 164 valence electrons. The fourth-order valence-electron chi connectivity index (χ4n) is 4.10. The molecule has 0 bridgehead atoms. The predicted octanol–water partition coefficient (Wildman–Crippen LogP) is 1.71. The normalized spacial score (nSPS) is 14.4. The van der Waals surface area contributed by atoms with E-state index in [2.05, 4.69) is 5.32 Å². The van der Waals surface area contributed by atoms with Crippen LogP contribution in [0.5, 0.6) is 0 Å². The molecule has 0 amide bonds. The minimum absolute atomic E-state index is 0.00949. The molecule has 31 heavy (non-hydrogen) atoms. The largest absolute Gasteiger partial charge is 0.519 e. The number of fused-ring (bicyclic) bond motifs is 1. The molecule has 1 aromatic carbocycles. The van der Waals surface area contributed by atoms with E-state index >= 15 is 0 Å². The van der Waals surface area contributed by atoms with Gasteiger partial charge in [0.2, 0.25) is 5.43 Å². The van der Waals surface area contributed by atoms with Gasteiger partial charge < -0.3 is 28.7 Å². The first-order chi connectivity index (χ1) is 14.8. The molecule has 9 nitrogen and oxygen atoms in total. The van der Waals surface area contributed by atoms with Gasteiger partial charge >= 0.3 is 11.8 Å². The molecule has 1 fully saturated rings. The highest BCUT2D eigenvalue weighted by molar-refractivity contribution is 5.95. The number of anilines is 1. The summed E-state index contributed by atoms with van der Waals surface area (Å²) in [5.74, 6) is -2.57. The number of carboxylic acid groups (broad SMARTS) is 1. The highest BCUT2D eigenvalue weighted by Gasteiger charge is 2.26. The van der Waals surface area contributed by atoms with Gasteiger partial charge in [-0.3, -0.25) is 4.79 Å². The number of halogens is 1. The van der Waals surface area contributed by atoms with E-state index in [-0.39, 0.29) is 29.0 Å². The average molecular weight is 431 g/mol. The monoisotopic (exact) mass is 431 g/mol. The van der Waals surface area contributed by atoms with E-state index in [1.54, 1.807) is 17.6 Å². The lowest BCUT2D eigenvalue weighted by atomic mass is 10.0. The third-order valence-corrected chi connectivity index (χ3v) is 5.59. The molecular weight excluding hydrogens is 409 g/mol. The Bertz CT molecular complexity index is 1280. The number of carboxylic acids is 1. The number of pyridine rings is 1. The maximum absolute atomic E-state index is 14.9. The number of benzene rings is 1. The van der Waals surface area contributed by atoms with E-state index in [0.29, 0.717) is 43.9 Å². The Kier molecular flexibility index (Phi) is 5.40. The maximum Gasteiger partial charge on any atom is 0.519 e. The Morgan fingerprint density at radius 3 is 2.52 bits per heavy atom. The van der Waals surface area contributed by atoms with Gasteiger partial charge in [-0.2, -0.15) is 0 Å². The summed E-state index contributed by atoms with van der Waals surface area (Å²) in [4.78, 5) is 38.4. The first kappa shape index (κ1) is 20.9. The van der Waals surface area contributed by atoms with Gasteiger partial charge in [0.1, 0.15) is 17.1 Å². The summed E-state index contributed by atoms with van der Waals surface area (Å²) in [5, 5.41) is 13.0. The van der Waals surface area contributed by atoms with Crippen molar-refractivity contribution in [3.8, 4) is 0 Å². The summed E-state index contributed by atoms with van der Waals surface area (Å²) in [6.07, 6.45) is -0.126. The van der Waals surface area contributed by atoms with Crippen LogP contribution in [-0.2, 0) is 13.0 Å². The molecule has 2 aromatic heterocycles. The van der Waals surface area contributed by atoms with Crippen molar-refractivity contribution >= 4 is 22.6 Å². The second-order valence-electron chi connectivity index (χ2n) is 7.37. The van der Waals surface area contributed by atoms with Crippen molar-refractivity contribution in [3.05, 3.63) is 61.6 Å². The third kappa shape index (κ3) is 3.63. The number of hydrogen-bond acceptors (Lipinski definition) is 7.